The SMILES string of the molecule is C[C@@H](NC(=O)c1cc(-c2cnc(-c3cc4ccccc4cn3)[nH]2)cc([N+](=O)[O-])c1)c1ccc(F)cc1.Cl.Cl. The van der Waals surface area contributed by atoms with Gasteiger partial charge in [-0.2, -0.15) is 0 Å². The van der Waals surface area contributed by atoms with E-state index in [4.69, 9.17) is 0 Å². The van der Waals surface area contributed by atoms with Crippen LogP contribution in [0.1, 0.15) is 28.9 Å². The van der Waals surface area contributed by atoms with Gasteiger partial charge in [0.1, 0.15) is 11.5 Å². The smallest absolute Gasteiger partial charge is 0.270 e. The average Bonchev–Trinajstić information content (AvgIpc) is 3.39. The van der Waals surface area contributed by atoms with Crippen LogP contribution >= 0.6 is 24.8 Å². The minimum Gasteiger partial charge on any atom is -0.346 e. The van der Waals surface area contributed by atoms with Crippen molar-refractivity contribution in [3.63, 3.8) is 0 Å². The van der Waals surface area contributed by atoms with Crippen LogP contribution in [0.4, 0.5) is 10.1 Å². The highest BCUT2D eigenvalue weighted by Crippen LogP contribution is 2.28. The van der Waals surface area contributed by atoms with E-state index in [-0.39, 0.29) is 41.9 Å². The van der Waals surface area contributed by atoms with Gasteiger partial charge in [0, 0.05) is 34.8 Å². The van der Waals surface area contributed by atoms with Crippen molar-refractivity contribution in [3.8, 4) is 22.8 Å². The third-order valence-electron chi connectivity index (χ3n) is 5.87. The maximum atomic E-state index is 13.2. The fourth-order valence-electron chi connectivity index (χ4n) is 3.93. The fraction of sp³-hybridized carbons (Fsp3) is 0.0741. The number of rotatable bonds is 6. The standard InChI is InChI=1S/C27H20FN5O3.2ClH/c1-16(17-6-8-22(28)9-7-17)31-27(34)21-10-20(11-23(12-21)33(35)36)25-15-30-26(32-25)24-13-18-4-2-3-5-19(18)14-29-24;;/h2-16H,1H3,(H,30,32)(H,31,34);2*1H/t16-;;/m1../s1. The molecule has 2 heterocycles. The Morgan fingerprint density at radius 3 is 2.39 bits per heavy atom. The molecule has 5 aromatic rings. The van der Waals surface area contributed by atoms with Gasteiger partial charge in [-0.3, -0.25) is 19.9 Å². The Morgan fingerprint density at radius 1 is 0.974 bits per heavy atom. The molecule has 38 heavy (non-hydrogen) atoms. The molecule has 2 aromatic heterocycles. The Morgan fingerprint density at radius 2 is 1.68 bits per heavy atom. The number of aromatic amines is 1. The maximum Gasteiger partial charge on any atom is 0.270 e. The third kappa shape index (κ3) is 5.96. The topological polar surface area (TPSA) is 114 Å². The third-order valence-corrected chi connectivity index (χ3v) is 5.87. The summed E-state index contributed by atoms with van der Waals surface area (Å²) in [6, 6.07) is 19.2. The van der Waals surface area contributed by atoms with Gasteiger partial charge in [-0.1, -0.05) is 36.4 Å². The summed E-state index contributed by atoms with van der Waals surface area (Å²) in [5, 5.41) is 16.4. The Hall–Kier alpha value is -4.34. The molecule has 5 rings (SSSR count). The van der Waals surface area contributed by atoms with Crippen LogP contribution in [0.15, 0.2) is 85.2 Å². The number of pyridine rings is 1. The van der Waals surface area contributed by atoms with E-state index in [1.807, 2.05) is 30.3 Å². The van der Waals surface area contributed by atoms with Gasteiger partial charge < -0.3 is 10.3 Å². The van der Waals surface area contributed by atoms with E-state index in [1.165, 1.54) is 24.3 Å². The van der Waals surface area contributed by atoms with Crippen molar-refractivity contribution in [2.75, 3.05) is 0 Å². The van der Waals surface area contributed by atoms with Gasteiger partial charge in [0.2, 0.25) is 0 Å². The van der Waals surface area contributed by atoms with E-state index in [9.17, 15) is 19.3 Å². The Balaban J connectivity index is 0.00000200. The van der Waals surface area contributed by atoms with Gasteiger partial charge in [-0.05, 0) is 42.1 Å². The number of non-ortho nitro benzene ring substituents is 1. The van der Waals surface area contributed by atoms with Crippen LogP contribution in [0, 0.1) is 15.9 Å². The molecule has 0 radical (unpaired) electrons. The normalized spacial score (nSPS) is 11.2. The molecule has 0 aliphatic heterocycles. The summed E-state index contributed by atoms with van der Waals surface area (Å²) >= 11 is 0. The molecular formula is C27H22Cl2FN5O3. The molecule has 0 bridgehead atoms. The zero-order valence-corrected chi connectivity index (χ0v) is 21.6. The molecule has 8 nitrogen and oxygen atoms in total. The molecule has 11 heteroatoms. The lowest BCUT2D eigenvalue weighted by Gasteiger charge is -2.15. The summed E-state index contributed by atoms with van der Waals surface area (Å²) in [6.45, 7) is 1.75. The molecular weight excluding hydrogens is 532 g/mol. The number of nitrogens with zero attached hydrogens (tertiary/aromatic N) is 3. The number of halogens is 3. The van der Waals surface area contributed by atoms with E-state index >= 15 is 0 Å². The summed E-state index contributed by atoms with van der Waals surface area (Å²) < 4.78 is 13.2. The first-order chi connectivity index (χ1) is 17.4. The number of imidazole rings is 1. The second-order valence-electron chi connectivity index (χ2n) is 8.33. The molecule has 0 unspecified atom stereocenters. The van der Waals surface area contributed by atoms with Crippen LogP contribution in [0.5, 0.6) is 0 Å². The first-order valence-corrected chi connectivity index (χ1v) is 11.1. The highest BCUT2D eigenvalue weighted by atomic mass is 35.5. The number of nitro groups is 1. The number of hydrogen-bond acceptors (Lipinski definition) is 5. The molecule has 0 aliphatic rings. The summed E-state index contributed by atoms with van der Waals surface area (Å²) in [4.78, 5) is 36.0. The van der Waals surface area contributed by atoms with Crippen LogP contribution in [0.25, 0.3) is 33.5 Å². The van der Waals surface area contributed by atoms with Gasteiger partial charge in [-0.25, -0.2) is 9.37 Å². The molecule has 1 atom stereocenters. The molecule has 0 fully saturated rings. The molecule has 0 spiro atoms. The van der Waals surface area contributed by atoms with Crippen LogP contribution < -0.4 is 5.32 Å². The zero-order valence-electron chi connectivity index (χ0n) is 19.9. The number of benzene rings is 3. The van der Waals surface area contributed by atoms with E-state index in [0.29, 0.717) is 28.3 Å². The van der Waals surface area contributed by atoms with Crippen molar-refractivity contribution >= 4 is 47.2 Å². The van der Waals surface area contributed by atoms with Gasteiger partial charge in [0.25, 0.3) is 11.6 Å². The van der Waals surface area contributed by atoms with Gasteiger partial charge in [0.05, 0.1) is 22.9 Å². The second-order valence-corrected chi connectivity index (χ2v) is 8.33. The molecule has 194 valence electrons. The van der Waals surface area contributed by atoms with Crippen molar-refractivity contribution in [1.82, 2.24) is 20.3 Å². The molecule has 0 saturated heterocycles. The lowest BCUT2D eigenvalue weighted by Crippen LogP contribution is -2.26. The number of carbonyl (C=O) groups is 1. The summed E-state index contributed by atoms with van der Waals surface area (Å²) in [5.41, 5.74) is 2.15. The highest BCUT2D eigenvalue weighted by Gasteiger charge is 2.19. The molecule has 0 aliphatic carbocycles. The summed E-state index contributed by atoms with van der Waals surface area (Å²) in [6.07, 6.45) is 3.30. The Kier molecular flexibility index (Phi) is 8.77. The van der Waals surface area contributed by atoms with E-state index < -0.39 is 16.9 Å². The molecule has 1 amide bonds. The van der Waals surface area contributed by atoms with Crippen molar-refractivity contribution in [1.29, 1.82) is 0 Å². The number of H-pyrrole nitrogens is 1. The highest BCUT2D eigenvalue weighted by molar-refractivity contribution is 5.96. The fourth-order valence-corrected chi connectivity index (χ4v) is 3.93. The quantitative estimate of drug-likeness (QED) is 0.180. The van der Waals surface area contributed by atoms with E-state index in [2.05, 4.69) is 20.3 Å². The minimum atomic E-state index is -0.550. The Bertz CT molecular complexity index is 1610. The van der Waals surface area contributed by atoms with Crippen molar-refractivity contribution in [2.45, 2.75) is 13.0 Å². The number of nitrogens with one attached hydrogen (secondary N) is 2. The number of amides is 1. The van der Waals surface area contributed by atoms with Crippen LogP contribution in [-0.4, -0.2) is 25.8 Å². The summed E-state index contributed by atoms with van der Waals surface area (Å²) in [7, 11) is 0. The molecule has 0 saturated carbocycles. The predicted molar refractivity (Wildman–Crippen MR) is 148 cm³/mol. The van der Waals surface area contributed by atoms with Crippen LogP contribution in [-0.2, 0) is 0 Å². The lowest BCUT2D eigenvalue weighted by atomic mass is 10.0. The van der Waals surface area contributed by atoms with Gasteiger partial charge >= 0.3 is 0 Å². The summed E-state index contributed by atoms with van der Waals surface area (Å²) in [5.74, 6) is -0.371. The van der Waals surface area contributed by atoms with E-state index in [1.54, 1.807) is 37.5 Å². The number of aromatic nitrogens is 3. The van der Waals surface area contributed by atoms with Crippen LogP contribution in [0.3, 0.4) is 0 Å². The van der Waals surface area contributed by atoms with Crippen molar-refractivity contribution in [2.24, 2.45) is 0 Å². The molecule has 3 aromatic carbocycles. The average molecular weight is 554 g/mol. The van der Waals surface area contributed by atoms with Gasteiger partial charge in [-0.15, -0.1) is 24.8 Å². The number of carbonyl (C=O) groups excluding carboxylic acids is 1. The van der Waals surface area contributed by atoms with Crippen molar-refractivity contribution in [3.05, 3.63) is 112 Å². The lowest BCUT2D eigenvalue weighted by molar-refractivity contribution is -0.384. The second kappa shape index (κ2) is 11.8. The first kappa shape index (κ1) is 28.2. The monoisotopic (exact) mass is 553 g/mol. The first-order valence-electron chi connectivity index (χ1n) is 11.1. The van der Waals surface area contributed by atoms with E-state index in [0.717, 1.165) is 10.8 Å². The van der Waals surface area contributed by atoms with Crippen LogP contribution in [0.2, 0.25) is 0 Å². The van der Waals surface area contributed by atoms with Gasteiger partial charge in [0.15, 0.2) is 5.82 Å². The number of fused-ring (bicyclic) bond motifs is 1. The maximum absolute atomic E-state index is 13.2. The molecule has 2 N–H and O–H groups in total. The van der Waals surface area contributed by atoms with Crippen molar-refractivity contribution < 1.29 is 14.1 Å². The largest absolute Gasteiger partial charge is 0.346 e. The number of nitro benzene ring substituents is 1. The number of hydrogen-bond donors (Lipinski definition) is 2. The minimum absolute atomic E-state index is 0. The zero-order chi connectivity index (χ0) is 25.2. The predicted octanol–water partition coefficient (Wildman–Crippen LogP) is 6.67. The Labute approximate surface area is 229 Å².